The third-order valence-electron chi connectivity index (χ3n) is 14.7. The lowest BCUT2D eigenvalue weighted by molar-refractivity contribution is 0.661. The molecule has 0 unspecified atom stereocenters. The van der Waals surface area contributed by atoms with Crippen LogP contribution in [0.3, 0.4) is 0 Å². The SMILES string of the molecule is CC1(C)c2ccccc2-c2cc3c4ccccc4n(-c4cccc(Sc5nc(-c6ccccc6)cc(-c6ccc7c(c6)C6(c8ccccc8-c8ccccc86)c6ccccc6-7)n5)c4)c3cc21. The summed E-state index contributed by atoms with van der Waals surface area (Å²) in [6, 6.07) is 78.1. The summed E-state index contributed by atoms with van der Waals surface area (Å²) in [5.74, 6) is 0. The first kappa shape index (κ1) is 37.6. The molecule has 0 amide bonds. The van der Waals surface area contributed by atoms with Gasteiger partial charge in [-0.15, -0.1) is 0 Å². The Labute approximate surface area is 388 Å². The highest BCUT2D eigenvalue weighted by atomic mass is 32.2. The van der Waals surface area contributed by atoms with Crippen LogP contribution in [0.4, 0.5) is 0 Å². The maximum Gasteiger partial charge on any atom is 0.193 e. The third kappa shape index (κ3) is 5.16. The second-order valence-corrected chi connectivity index (χ2v) is 19.5. The van der Waals surface area contributed by atoms with Crippen molar-refractivity contribution in [2.24, 2.45) is 0 Å². The molecule has 3 nitrogen and oxygen atoms in total. The maximum absolute atomic E-state index is 5.42. The van der Waals surface area contributed by atoms with Gasteiger partial charge in [-0.05, 0) is 127 Å². The van der Waals surface area contributed by atoms with Gasteiger partial charge in [0.1, 0.15) is 0 Å². The van der Waals surface area contributed by atoms with Gasteiger partial charge in [-0.2, -0.15) is 0 Å². The quantitative estimate of drug-likeness (QED) is 0.162. The number of hydrogen-bond acceptors (Lipinski definition) is 3. The minimum absolute atomic E-state index is 0.104. The van der Waals surface area contributed by atoms with Crippen LogP contribution in [-0.4, -0.2) is 14.5 Å². The van der Waals surface area contributed by atoms with Crippen LogP contribution in [0.15, 0.2) is 222 Å². The van der Waals surface area contributed by atoms with Crippen LogP contribution in [0.2, 0.25) is 0 Å². The molecule has 0 atom stereocenters. The van der Waals surface area contributed by atoms with Gasteiger partial charge in [0.05, 0.1) is 27.8 Å². The van der Waals surface area contributed by atoms with Gasteiger partial charge in [-0.25, -0.2) is 9.97 Å². The van der Waals surface area contributed by atoms with Crippen LogP contribution in [0.5, 0.6) is 0 Å². The largest absolute Gasteiger partial charge is 0.309 e. The molecular formula is C62H41N3S. The Morgan fingerprint density at radius 2 is 0.955 bits per heavy atom. The Hall–Kier alpha value is -7.79. The molecule has 0 N–H and O–H groups in total. The average Bonchev–Trinajstić information content (AvgIpc) is 4.03. The average molecular weight is 860 g/mol. The van der Waals surface area contributed by atoms with Crippen molar-refractivity contribution >= 4 is 33.6 Å². The lowest BCUT2D eigenvalue weighted by atomic mass is 9.70. The molecule has 310 valence electrons. The summed E-state index contributed by atoms with van der Waals surface area (Å²) in [5, 5.41) is 3.23. The van der Waals surface area contributed by atoms with Crippen molar-refractivity contribution in [2.45, 2.75) is 34.7 Å². The maximum atomic E-state index is 5.42. The Kier molecular flexibility index (Phi) is 7.89. The molecule has 0 saturated heterocycles. The summed E-state index contributed by atoms with van der Waals surface area (Å²) in [7, 11) is 0. The molecule has 3 aliphatic rings. The van der Waals surface area contributed by atoms with Crippen molar-refractivity contribution in [3.8, 4) is 61.6 Å². The van der Waals surface area contributed by atoms with E-state index in [9.17, 15) is 0 Å². The van der Waals surface area contributed by atoms with Gasteiger partial charge in [-0.3, -0.25) is 0 Å². The number of benzene rings is 9. The van der Waals surface area contributed by atoms with Gasteiger partial charge in [0, 0.05) is 37.9 Å². The van der Waals surface area contributed by atoms with Crippen LogP contribution in [-0.2, 0) is 10.8 Å². The minimum Gasteiger partial charge on any atom is -0.309 e. The topological polar surface area (TPSA) is 30.7 Å². The second kappa shape index (κ2) is 13.9. The first-order chi connectivity index (χ1) is 32.5. The van der Waals surface area contributed by atoms with Gasteiger partial charge in [0.25, 0.3) is 0 Å². The highest BCUT2D eigenvalue weighted by Crippen LogP contribution is 2.63. The fourth-order valence-electron chi connectivity index (χ4n) is 11.9. The predicted molar refractivity (Wildman–Crippen MR) is 272 cm³/mol. The zero-order chi connectivity index (χ0) is 43.7. The molecule has 0 saturated carbocycles. The van der Waals surface area contributed by atoms with Gasteiger partial charge in [0.2, 0.25) is 0 Å². The Balaban J connectivity index is 0.912. The predicted octanol–water partition coefficient (Wildman–Crippen LogP) is 15.7. The fraction of sp³-hybridized carbons (Fsp3) is 0.0645. The summed E-state index contributed by atoms with van der Waals surface area (Å²) in [6.45, 7) is 4.72. The smallest absolute Gasteiger partial charge is 0.193 e. The van der Waals surface area contributed by atoms with Crippen LogP contribution in [0.1, 0.15) is 47.2 Å². The molecular weight excluding hydrogens is 819 g/mol. The molecule has 14 rings (SSSR count). The van der Waals surface area contributed by atoms with Crippen molar-refractivity contribution in [2.75, 3.05) is 0 Å². The molecule has 0 radical (unpaired) electrons. The van der Waals surface area contributed by atoms with Crippen LogP contribution in [0.25, 0.3) is 83.4 Å². The van der Waals surface area contributed by atoms with Gasteiger partial charge >= 0.3 is 0 Å². The lowest BCUT2D eigenvalue weighted by Crippen LogP contribution is -2.25. The van der Waals surface area contributed by atoms with E-state index in [0.29, 0.717) is 5.16 Å². The fourth-order valence-corrected chi connectivity index (χ4v) is 12.7. The number of para-hydroxylation sites is 1. The Morgan fingerprint density at radius 1 is 0.379 bits per heavy atom. The van der Waals surface area contributed by atoms with E-state index in [0.717, 1.165) is 33.1 Å². The van der Waals surface area contributed by atoms with Gasteiger partial charge in [-0.1, -0.05) is 178 Å². The van der Waals surface area contributed by atoms with E-state index in [2.05, 4.69) is 231 Å². The standard InChI is InChI=1S/C62H41N3S/c1-61(2)50-26-11-6-24-45(50)48-35-49-47-25-10-15-30-58(47)65(59(49)36-54(48)61)40-19-16-20-41(34-40)66-60-63-56(38-17-4-3-5-18-38)37-57(64-60)39-31-32-46-44-23-9-14-29-53(44)62(55(46)33-39)51-27-12-7-21-42(51)43-22-8-13-28-52(43)62/h3-37H,1-2H3. The summed E-state index contributed by atoms with van der Waals surface area (Å²) in [6.07, 6.45) is 0. The second-order valence-electron chi connectivity index (χ2n) is 18.5. The summed E-state index contributed by atoms with van der Waals surface area (Å²) in [4.78, 5) is 11.8. The van der Waals surface area contributed by atoms with E-state index in [4.69, 9.17) is 9.97 Å². The van der Waals surface area contributed by atoms with E-state index in [1.54, 1.807) is 11.8 Å². The van der Waals surface area contributed by atoms with Crippen molar-refractivity contribution in [3.63, 3.8) is 0 Å². The van der Waals surface area contributed by atoms with Gasteiger partial charge < -0.3 is 4.57 Å². The lowest BCUT2D eigenvalue weighted by Gasteiger charge is -2.30. The van der Waals surface area contributed by atoms with Crippen LogP contribution in [0, 0.1) is 0 Å². The number of hydrogen-bond donors (Lipinski definition) is 0. The zero-order valence-corrected chi connectivity index (χ0v) is 37.3. The summed E-state index contributed by atoms with van der Waals surface area (Å²) in [5.41, 5.74) is 22.8. The summed E-state index contributed by atoms with van der Waals surface area (Å²) >= 11 is 1.62. The van der Waals surface area contributed by atoms with E-state index in [1.165, 1.54) is 88.6 Å². The van der Waals surface area contributed by atoms with Crippen LogP contribution >= 0.6 is 11.8 Å². The highest BCUT2D eigenvalue weighted by Gasteiger charge is 2.51. The molecule has 1 spiro atoms. The molecule has 66 heavy (non-hydrogen) atoms. The van der Waals surface area contributed by atoms with Crippen molar-refractivity contribution in [3.05, 3.63) is 246 Å². The molecule has 4 heteroatoms. The van der Waals surface area contributed by atoms with E-state index >= 15 is 0 Å². The molecule has 9 aromatic carbocycles. The molecule has 0 fully saturated rings. The van der Waals surface area contributed by atoms with E-state index < -0.39 is 5.41 Å². The number of fused-ring (bicyclic) bond motifs is 16. The molecule has 2 heterocycles. The molecule has 11 aromatic rings. The molecule has 2 aromatic heterocycles. The van der Waals surface area contributed by atoms with E-state index in [1.807, 2.05) is 0 Å². The number of aromatic nitrogens is 3. The molecule has 3 aliphatic carbocycles. The molecule has 0 bridgehead atoms. The number of nitrogens with zero attached hydrogens (tertiary/aromatic N) is 3. The normalized spacial score (nSPS) is 14.2. The molecule has 0 aliphatic heterocycles. The third-order valence-corrected chi connectivity index (χ3v) is 15.6. The number of rotatable bonds is 5. The highest BCUT2D eigenvalue weighted by molar-refractivity contribution is 7.99. The van der Waals surface area contributed by atoms with Crippen molar-refractivity contribution in [1.29, 1.82) is 0 Å². The summed E-state index contributed by atoms with van der Waals surface area (Å²) < 4.78 is 2.44. The Bertz CT molecular complexity index is 3780. The van der Waals surface area contributed by atoms with Crippen molar-refractivity contribution in [1.82, 2.24) is 14.5 Å². The van der Waals surface area contributed by atoms with Crippen LogP contribution < -0.4 is 0 Å². The van der Waals surface area contributed by atoms with Crippen molar-refractivity contribution < 1.29 is 0 Å². The van der Waals surface area contributed by atoms with Gasteiger partial charge in [0.15, 0.2) is 5.16 Å². The zero-order valence-electron chi connectivity index (χ0n) is 36.5. The first-order valence-electron chi connectivity index (χ1n) is 22.8. The minimum atomic E-state index is -0.435. The Morgan fingerprint density at radius 3 is 1.65 bits per heavy atom. The van der Waals surface area contributed by atoms with E-state index in [-0.39, 0.29) is 5.41 Å². The monoisotopic (exact) mass is 859 g/mol. The first-order valence-corrected chi connectivity index (χ1v) is 23.6.